The Labute approximate surface area is 174 Å². The summed E-state index contributed by atoms with van der Waals surface area (Å²) in [4.78, 5) is 17.3. The first-order chi connectivity index (χ1) is 13.8. The van der Waals surface area contributed by atoms with Crippen LogP contribution in [-0.2, 0) is 10.0 Å². The lowest BCUT2D eigenvalue weighted by atomic mass is 10.1. The number of rotatable bonds is 4. The molecule has 1 aliphatic heterocycles. The highest BCUT2D eigenvalue weighted by Crippen LogP contribution is 2.27. The molecule has 1 saturated heterocycles. The highest BCUT2D eigenvalue weighted by molar-refractivity contribution is 7.89. The van der Waals surface area contributed by atoms with Crippen LogP contribution in [0, 0.1) is 6.92 Å². The lowest BCUT2D eigenvalue weighted by Gasteiger charge is -2.32. The van der Waals surface area contributed by atoms with Crippen LogP contribution in [-0.4, -0.2) is 36.2 Å². The topological polar surface area (TPSA) is 79.4 Å². The molecule has 6 nitrogen and oxygen atoms in total. The normalized spacial score (nSPS) is 18.1. The number of amides is 1. The zero-order valence-electron chi connectivity index (χ0n) is 16.4. The molecule has 0 radical (unpaired) electrons. The third-order valence-corrected chi connectivity index (χ3v) is 8.14. The first-order valence-electron chi connectivity index (χ1n) is 9.65. The summed E-state index contributed by atoms with van der Waals surface area (Å²) in [5.41, 5.74) is 1.87. The summed E-state index contributed by atoms with van der Waals surface area (Å²) in [6.07, 6.45) is 2.77. The largest absolute Gasteiger partial charge is 0.322 e. The fraction of sp³-hybridized carbons (Fsp3) is 0.333. The Bertz CT molecular complexity index is 1170. The maximum Gasteiger partial charge on any atom is 0.255 e. The third-order valence-electron chi connectivity index (χ3n) is 5.20. The summed E-state index contributed by atoms with van der Waals surface area (Å²) in [5.74, 6) is -0.339. The Balaban J connectivity index is 1.57. The van der Waals surface area contributed by atoms with Gasteiger partial charge in [0, 0.05) is 23.8 Å². The number of carbonyl (C=O) groups excluding carboxylic acids is 1. The predicted molar refractivity (Wildman–Crippen MR) is 116 cm³/mol. The quantitative estimate of drug-likeness (QED) is 0.666. The first-order valence-corrected chi connectivity index (χ1v) is 11.9. The van der Waals surface area contributed by atoms with Gasteiger partial charge in [0.15, 0.2) is 0 Å². The number of fused-ring (bicyclic) bond motifs is 1. The number of nitrogens with one attached hydrogen (secondary N) is 1. The number of aryl methyl sites for hydroxylation is 1. The van der Waals surface area contributed by atoms with Crippen LogP contribution in [0.4, 0.5) is 5.69 Å². The van der Waals surface area contributed by atoms with Crippen LogP contribution in [0.1, 0.15) is 41.6 Å². The lowest BCUT2D eigenvalue weighted by molar-refractivity contribution is 0.102. The highest BCUT2D eigenvalue weighted by Gasteiger charge is 2.31. The van der Waals surface area contributed by atoms with Crippen LogP contribution in [0.5, 0.6) is 0 Å². The second-order valence-electron chi connectivity index (χ2n) is 7.36. The molecular weight excluding hydrogens is 406 g/mol. The van der Waals surface area contributed by atoms with Crippen molar-refractivity contribution in [3.63, 3.8) is 0 Å². The minimum absolute atomic E-state index is 0.0270. The minimum Gasteiger partial charge on any atom is -0.322 e. The Morgan fingerprint density at radius 1 is 1.21 bits per heavy atom. The summed E-state index contributed by atoms with van der Waals surface area (Å²) in [6.45, 7) is 4.40. The van der Waals surface area contributed by atoms with E-state index in [4.69, 9.17) is 0 Å². The molecule has 3 aromatic rings. The molecule has 2 heterocycles. The van der Waals surface area contributed by atoms with Crippen molar-refractivity contribution in [1.29, 1.82) is 0 Å². The molecule has 0 saturated carbocycles. The van der Waals surface area contributed by atoms with Gasteiger partial charge in [-0.2, -0.15) is 4.31 Å². The number of piperidine rings is 1. The van der Waals surface area contributed by atoms with Crippen molar-refractivity contribution in [3.8, 4) is 0 Å². The molecule has 8 heteroatoms. The molecular formula is C21H23N3O3S2. The van der Waals surface area contributed by atoms with Crippen LogP contribution in [0.2, 0.25) is 0 Å². The summed E-state index contributed by atoms with van der Waals surface area (Å²) in [7, 11) is -3.62. The van der Waals surface area contributed by atoms with E-state index in [0.717, 1.165) is 34.5 Å². The SMILES string of the molecule is Cc1nc2ccc(NC(=O)c3cccc(S(=O)(=O)N4CCCCC4C)c3)cc2s1. The van der Waals surface area contributed by atoms with Gasteiger partial charge in [-0.15, -0.1) is 11.3 Å². The molecule has 0 aliphatic carbocycles. The van der Waals surface area contributed by atoms with E-state index in [1.54, 1.807) is 39.9 Å². The van der Waals surface area contributed by atoms with Crippen LogP contribution < -0.4 is 5.32 Å². The third kappa shape index (κ3) is 4.05. The highest BCUT2D eigenvalue weighted by atomic mass is 32.2. The number of anilines is 1. The average molecular weight is 430 g/mol. The molecule has 1 N–H and O–H groups in total. The van der Waals surface area contributed by atoms with Gasteiger partial charge in [-0.05, 0) is 63.1 Å². The van der Waals surface area contributed by atoms with Gasteiger partial charge in [0.05, 0.1) is 20.1 Å². The van der Waals surface area contributed by atoms with E-state index in [1.807, 2.05) is 26.0 Å². The Kier molecular flexibility index (Phi) is 5.42. The zero-order valence-corrected chi connectivity index (χ0v) is 18.0. The standard InChI is InChI=1S/C21H23N3O3S2/c1-14-6-3-4-11-24(14)29(26,27)18-8-5-7-16(12-18)21(25)23-17-9-10-19-20(13-17)28-15(2)22-19/h5,7-10,12-14H,3-4,6,11H2,1-2H3,(H,23,25). The molecule has 152 valence electrons. The molecule has 4 rings (SSSR count). The van der Waals surface area contributed by atoms with Crippen molar-refractivity contribution in [2.45, 2.75) is 44.0 Å². The van der Waals surface area contributed by atoms with Gasteiger partial charge in [-0.1, -0.05) is 12.5 Å². The molecule has 1 unspecified atom stereocenters. The maximum absolute atomic E-state index is 13.1. The Hall–Kier alpha value is -2.29. The molecule has 1 amide bonds. The monoisotopic (exact) mass is 429 g/mol. The molecule has 1 aromatic heterocycles. The number of aromatic nitrogens is 1. The van der Waals surface area contributed by atoms with E-state index in [-0.39, 0.29) is 16.8 Å². The van der Waals surface area contributed by atoms with Gasteiger partial charge >= 0.3 is 0 Å². The Morgan fingerprint density at radius 3 is 2.83 bits per heavy atom. The zero-order chi connectivity index (χ0) is 20.6. The lowest BCUT2D eigenvalue weighted by Crippen LogP contribution is -2.41. The van der Waals surface area contributed by atoms with Crippen molar-refractivity contribution in [3.05, 3.63) is 53.0 Å². The van der Waals surface area contributed by atoms with Crippen LogP contribution in [0.3, 0.4) is 0 Å². The summed E-state index contributed by atoms with van der Waals surface area (Å²) < 4.78 is 28.7. The molecule has 0 bridgehead atoms. The van der Waals surface area contributed by atoms with Crippen molar-refractivity contribution in [2.75, 3.05) is 11.9 Å². The van der Waals surface area contributed by atoms with Gasteiger partial charge in [-0.3, -0.25) is 4.79 Å². The van der Waals surface area contributed by atoms with Crippen LogP contribution >= 0.6 is 11.3 Å². The summed E-state index contributed by atoms with van der Waals surface area (Å²) >= 11 is 1.56. The number of carbonyl (C=O) groups is 1. The van der Waals surface area contributed by atoms with E-state index in [0.29, 0.717) is 17.8 Å². The fourth-order valence-electron chi connectivity index (χ4n) is 3.68. The van der Waals surface area contributed by atoms with Crippen molar-refractivity contribution in [1.82, 2.24) is 9.29 Å². The molecule has 0 spiro atoms. The summed E-state index contributed by atoms with van der Waals surface area (Å²) in [6, 6.07) is 11.8. The van der Waals surface area contributed by atoms with E-state index >= 15 is 0 Å². The Morgan fingerprint density at radius 2 is 2.03 bits per heavy atom. The fourth-order valence-corrected chi connectivity index (χ4v) is 6.30. The molecule has 2 aromatic carbocycles. The van der Waals surface area contributed by atoms with E-state index in [1.165, 1.54) is 6.07 Å². The van der Waals surface area contributed by atoms with Gasteiger partial charge in [-0.25, -0.2) is 13.4 Å². The maximum atomic E-state index is 13.1. The molecule has 1 atom stereocenters. The van der Waals surface area contributed by atoms with Gasteiger partial charge in [0.1, 0.15) is 0 Å². The second-order valence-corrected chi connectivity index (χ2v) is 10.5. The number of sulfonamides is 1. The van der Waals surface area contributed by atoms with Gasteiger partial charge in [0.2, 0.25) is 10.0 Å². The van der Waals surface area contributed by atoms with E-state index in [2.05, 4.69) is 10.3 Å². The van der Waals surface area contributed by atoms with Gasteiger partial charge < -0.3 is 5.32 Å². The second kappa shape index (κ2) is 7.85. The predicted octanol–water partition coefficient (Wildman–Crippen LogP) is 4.42. The van der Waals surface area contributed by atoms with Crippen molar-refractivity contribution < 1.29 is 13.2 Å². The van der Waals surface area contributed by atoms with Gasteiger partial charge in [0.25, 0.3) is 5.91 Å². The number of hydrogen-bond donors (Lipinski definition) is 1. The number of benzene rings is 2. The number of hydrogen-bond acceptors (Lipinski definition) is 5. The molecule has 29 heavy (non-hydrogen) atoms. The summed E-state index contributed by atoms with van der Waals surface area (Å²) in [5, 5.41) is 3.82. The molecule has 1 fully saturated rings. The van der Waals surface area contributed by atoms with Crippen LogP contribution in [0.25, 0.3) is 10.2 Å². The van der Waals surface area contributed by atoms with E-state index in [9.17, 15) is 13.2 Å². The minimum atomic E-state index is -3.62. The first kappa shape index (κ1) is 20.0. The van der Waals surface area contributed by atoms with Crippen LogP contribution in [0.15, 0.2) is 47.4 Å². The number of thiazole rings is 1. The average Bonchev–Trinajstić information content (AvgIpc) is 3.07. The smallest absolute Gasteiger partial charge is 0.255 e. The van der Waals surface area contributed by atoms with E-state index < -0.39 is 10.0 Å². The molecule has 1 aliphatic rings. The number of nitrogens with zero attached hydrogens (tertiary/aromatic N) is 2. The van der Waals surface area contributed by atoms with Crippen molar-refractivity contribution in [2.24, 2.45) is 0 Å². The van der Waals surface area contributed by atoms with Crippen molar-refractivity contribution >= 4 is 43.2 Å².